The van der Waals surface area contributed by atoms with E-state index in [1.54, 1.807) is 24.3 Å². The van der Waals surface area contributed by atoms with Crippen molar-refractivity contribution in [2.45, 2.75) is 19.3 Å². The summed E-state index contributed by atoms with van der Waals surface area (Å²) in [6.07, 6.45) is 0.651. The fraction of sp³-hybridized carbons (Fsp3) is 0.400. The van der Waals surface area contributed by atoms with E-state index in [2.05, 4.69) is 0 Å². The Bertz CT molecular complexity index is 325. The van der Waals surface area contributed by atoms with Crippen LogP contribution >= 0.6 is 0 Å². The third-order valence-corrected chi connectivity index (χ3v) is 2.24. The summed E-state index contributed by atoms with van der Waals surface area (Å²) in [5.41, 5.74) is 0.659. The predicted molar refractivity (Wildman–Crippen MR) is 53.0 cm³/mol. The third kappa shape index (κ3) is 2.45. The highest BCUT2D eigenvalue weighted by Crippen LogP contribution is 2.27. The summed E-state index contributed by atoms with van der Waals surface area (Å²) in [7, 11) is 0. The molecule has 0 heterocycles. The van der Waals surface area contributed by atoms with Crippen molar-refractivity contribution in [3.63, 3.8) is 0 Å². The molecule has 0 aliphatic rings. The topological polar surface area (TPSA) is 63.4 Å². The smallest absolute Gasteiger partial charge is 0.210 e. The minimum absolute atomic E-state index is 0.131. The summed E-state index contributed by atoms with van der Waals surface area (Å²) >= 11 is 0. The minimum atomic E-state index is -0.347. The molecule has 4 heteroatoms. The summed E-state index contributed by atoms with van der Waals surface area (Å²) in [5, 5.41) is 19.9. The highest BCUT2D eigenvalue weighted by atomic mass is 16.6. The molecule has 0 spiro atoms. The van der Waals surface area contributed by atoms with Crippen LogP contribution in [0.5, 0.6) is 5.75 Å². The average Bonchev–Trinajstić information content (AvgIpc) is 2.15. The lowest BCUT2D eigenvalue weighted by Crippen LogP contribution is -2.11. The van der Waals surface area contributed by atoms with E-state index in [1.165, 1.54) is 0 Å². The molecule has 0 saturated heterocycles. The monoisotopic (exact) mass is 195 g/mol. The lowest BCUT2D eigenvalue weighted by atomic mass is 9.96. The summed E-state index contributed by atoms with van der Waals surface area (Å²) < 4.78 is 0. The molecule has 1 aromatic carbocycles. The molecule has 0 aliphatic carbocycles. The summed E-state index contributed by atoms with van der Waals surface area (Å²) in [5.74, 6) is -0.0626. The number of hydrogen-bond acceptors (Lipinski definition) is 3. The van der Waals surface area contributed by atoms with Crippen LogP contribution in [0.15, 0.2) is 24.3 Å². The Morgan fingerprint density at radius 3 is 2.64 bits per heavy atom. The van der Waals surface area contributed by atoms with Gasteiger partial charge >= 0.3 is 0 Å². The molecule has 0 bridgehead atoms. The lowest BCUT2D eigenvalue weighted by molar-refractivity contribution is -0.483. The molecule has 1 atom stereocenters. The predicted octanol–water partition coefficient (Wildman–Crippen LogP) is 2.16. The van der Waals surface area contributed by atoms with Crippen molar-refractivity contribution >= 4 is 0 Å². The van der Waals surface area contributed by atoms with Gasteiger partial charge in [0.25, 0.3) is 0 Å². The van der Waals surface area contributed by atoms with E-state index in [9.17, 15) is 15.2 Å². The van der Waals surface area contributed by atoms with Crippen LogP contribution in [0.2, 0.25) is 0 Å². The van der Waals surface area contributed by atoms with E-state index in [1.807, 2.05) is 6.92 Å². The molecule has 0 unspecified atom stereocenters. The Morgan fingerprint density at radius 1 is 1.50 bits per heavy atom. The number of rotatable bonds is 4. The van der Waals surface area contributed by atoms with Crippen molar-refractivity contribution in [3.8, 4) is 5.75 Å². The van der Waals surface area contributed by atoms with Gasteiger partial charge in [0.05, 0.1) is 5.92 Å². The third-order valence-electron chi connectivity index (χ3n) is 2.24. The molecular weight excluding hydrogens is 182 g/mol. The zero-order valence-corrected chi connectivity index (χ0v) is 8.01. The molecule has 1 aromatic rings. The SMILES string of the molecule is CC[C@H](C[N+](=O)[O-])c1ccccc1O. The lowest BCUT2D eigenvalue weighted by Gasteiger charge is -2.11. The number of aromatic hydroxyl groups is 1. The van der Waals surface area contributed by atoms with Gasteiger partial charge in [0.2, 0.25) is 6.54 Å². The van der Waals surface area contributed by atoms with Gasteiger partial charge in [-0.05, 0) is 12.5 Å². The first-order valence-corrected chi connectivity index (χ1v) is 4.54. The molecule has 0 aromatic heterocycles. The van der Waals surface area contributed by atoms with Crippen molar-refractivity contribution < 1.29 is 10.0 Å². The molecule has 1 rings (SSSR count). The van der Waals surface area contributed by atoms with Gasteiger partial charge in [-0.2, -0.15) is 0 Å². The zero-order valence-electron chi connectivity index (χ0n) is 8.01. The van der Waals surface area contributed by atoms with E-state index >= 15 is 0 Å². The molecule has 1 N–H and O–H groups in total. The number of para-hydroxylation sites is 1. The van der Waals surface area contributed by atoms with Crippen molar-refractivity contribution in [1.29, 1.82) is 0 Å². The van der Waals surface area contributed by atoms with Gasteiger partial charge < -0.3 is 5.11 Å². The first-order valence-electron chi connectivity index (χ1n) is 4.54. The number of nitrogens with zero attached hydrogens (tertiary/aromatic N) is 1. The van der Waals surface area contributed by atoms with E-state index in [-0.39, 0.29) is 23.1 Å². The molecule has 0 radical (unpaired) electrons. The van der Waals surface area contributed by atoms with Gasteiger partial charge in [-0.15, -0.1) is 0 Å². The van der Waals surface area contributed by atoms with Crippen LogP contribution in [0.4, 0.5) is 0 Å². The first-order chi connectivity index (χ1) is 6.65. The van der Waals surface area contributed by atoms with E-state index < -0.39 is 0 Å². The number of hydrogen-bond donors (Lipinski definition) is 1. The molecule has 76 valence electrons. The highest BCUT2D eigenvalue weighted by molar-refractivity contribution is 5.34. The first kappa shape index (κ1) is 10.5. The van der Waals surface area contributed by atoms with Gasteiger partial charge in [-0.25, -0.2) is 0 Å². The normalized spacial score (nSPS) is 12.4. The van der Waals surface area contributed by atoms with Gasteiger partial charge in [-0.1, -0.05) is 25.1 Å². The van der Waals surface area contributed by atoms with Gasteiger partial charge in [0.15, 0.2) is 0 Å². The van der Waals surface area contributed by atoms with Gasteiger partial charge in [0, 0.05) is 10.5 Å². The summed E-state index contributed by atoms with van der Waals surface area (Å²) in [6.45, 7) is 1.74. The molecule has 0 saturated carbocycles. The Morgan fingerprint density at radius 2 is 2.14 bits per heavy atom. The number of phenolic OH excluding ortho intramolecular Hbond substituents is 1. The van der Waals surface area contributed by atoms with Crippen molar-refractivity contribution in [3.05, 3.63) is 39.9 Å². The van der Waals surface area contributed by atoms with Crippen molar-refractivity contribution in [1.82, 2.24) is 0 Å². The van der Waals surface area contributed by atoms with Crippen LogP contribution in [-0.2, 0) is 0 Å². The number of phenols is 1. The Kier molecular flexibility index (Phi) is 3.45. The molecule has 0 amide bonds. The second kappa shape index (κ2) is 4.60. The molecule has 14 heavy (non-hydrogen) atoms. The second-order valence-electron chi connectivity index (χ2n) is 3.18. The highest BCUT2D eigenvalue weighted by Gasteiger charge is 2.18. The van der Waals surface area contributed by atoms with Crippen LogP contribution in [0.1, 0.15) is 24.8 Å². The number of benzene rings is 1. The van der Waals surface area contributed by atoms with Gasteiger partial charge in [0.1, 0.15) is 5.75 Å². The van der Waals surface area contributed by atoms with Crippen molar-refractivity contribution in [2.75, 3.05) is 6.54 Å². The van der Waals surface area contributed by atoms with Crippen LogP contribution in [-0.4, -0.2) is 16.6 Å². The Hall–Kier alpha value is -1.58. The average molecular weight is 195 g/mol. The fourth-order valence-corrected chi connectivity index (χ4v) is 1.46. The van der Waals surface area contributed by atoms with Crippen molar-refractivity contribution in [2.24, 2.45) is 0 Å². The molecular formula is C10H13NO3. The zero-order chi connectivity index (χ0) is 10.6. The van der Waals surface area contributed by atoms with Gasteiger partial charge in [-0.3, -0.25) is 10.1 Å². The summed E-state index contributed by atoms with van der Waals surface area (Å²) in [6, 6.07) is 6.76. The fourth-order valence-electron chi connectivity index (χ4n) is 1.46. The van der Waals surface area contributed by atoms with E-state index in [0.29, 0.717) is 12.0 Å². The molecule has 0 aliphatic heterocycles. The maximum Gasteiger partial charge on any atom is 0.210 e. The standard InChI is InChI=1S/C10H13NO3/c1-2-8(7-11(13)14)9-5-3-4-6-10(9)12/h3-6,8,12H,2,7H2,1H3/t8-/m1/s1. The quantitative estimate of drug-likeness (QED) is 0.591. The van der Waals surface area contributed by atoms with Crippen LogP contribution in [0.3, 0.4) is 0 Å². The minimum Gasteiger partial charge on any atom is -0.508 e. The van der Waals surface area contributed by atoms with E-state index in [0.717, 1.165) is 0 Å². The van der Waals surface area contributed by atoms with Crippen LogP contribution in [0, 0.1) is 10.1 Å². The van der Waals surface area contributed by atoms with Crippen LogP contribution in [0.25, 0.3) is 0 Å². The second-order valence-corrected chi connectivity index (χ2v) is 3.18. The largest absolute Gasteiger partial charge is 0.508 e. The maximum atomic E-state index is 10.4. The Labute approximate surface area is 82.3 Å². The summed E-state index contributed by atoms with van der Waals surface area (Å²) in [4.78, 5) is 10.0. The molecule has 0 fully saturated rings. The number of nitro groups is 1. The Balaban J connectivity index is 2.89. The van der Waals surface area contributed by atoms with E-state index in [4.69, 9.17) is 0 Å². The van der Waals surface area contributed by atoms with Crippen LogP contribution < -0.4 is 0 Å². The molecule has 4 nitrogen and oxygen atoms in total. The maximum absolute atomic E-state index is 10.4.